The summed E-state index contributed by atoms with van der Waals surface area (Å²) >= 11 is 0. The Labute approximate surface area is 94.2 Å². The smallest absolute Gasteiger partial charge is 0.275 e. The van der Waals surface area contributed by atoms with Crippen LogP contribution < -0.4 is 0 Å². The van der Waals surface area contributed by atoms with E-state index in [0.29, 0.717) is 6.42 Å². The average molecular weight is 246 g/mol. The molecule has 1 N–H and O–H groups in total. The molecule has 0 saturated heterocycles. The fourth-order valence-corrected chi connectivity index (χ4v) is 2.23. The molecule has 90 valence electrons. The van der Waals surface area contributed by atoms with Gasteiger partial charge in [0.1, 0.15) is 0 Å². The fraction of sp³-hybridized carbons (Fsp3) is 0.500. The summed E-state index contributed by atoms with van der Waals surface area (Å²) in [6.45, 7) is 1.87. The van der Waals surface area contributed by atoms with E-state index in [4.69, 9.17) is 8.97 Å². The number of ketones is 1. The van der Waals surface area contributed by atoms with Crippen LogP contribution in [0, 0.1) is 0 Å². The minimum Gasteiger partial charge on any atom is -0.461 e. The summed E-state index contributed by atoms with van der Waals surface area (Å²) in [5.74, 6) is -0.736. The van der Waals surface area contributed by atoms with Gasteiger partial charge in [-0.15, -0.1) is 0 Å². The van der Waals surface area contributed by atoms with Gasteiger partial charge in [-0.3, -0.25) is 9.35 Å². The summed E-state index contributed by atoms with van der Waals surface area (Å²) in [7, 11) is -4.37. The molecule has 0 bridgehead atoms. The number of rotatable bonds is 6. The number of carbonyl (C=O) groups excluding carboxylic acids is 1. The maximum atomic E-state index is 11.7. The molecule has 1 rings (SSSR count). The maximum Gasteiger partial charge on any atom is 0.275 e. The van der Waals surface area contributed by atoms with E-state index in [-0.39, 0.29) is 12.2 Å². The highest BCUT2D eigenvalue weighted by Crippen LogP contribution is 2.16. The summed E-state index contributed by atoms with van der Waals surface area (Å²) in [5, 5.41) is -1.42. The van der Waals surface area contributed by atoms with Gasteiger partial charge in [-0.2, -0.15) is 8.42 Å². The van der Waals surface area contributed by atoms with Gasteiger partial charge in [-0.1, -0.05) is 19.8 Å². The molecule has 5 nitrogen and oxygen atoms in total. The Morgan fingerprint density at radius 3 is 2.69 bits per heavy atom. The van der Waals surface area contributed by atoms with Crippen LogP contribution in [0.1, 0.15) is 36.7 Å². The Kier molecular flexibility index (Phi) is 4.26. The van der Waals surface area contributed by atoms with E-state index in [1.807, 2.05) is 6.92 Å². The summed E-state index contributed by atoms with van der Waals surface area (Å²) in [6.07, 6.45) is 2.69. The monoisotopic (exact) mass is 246 g/mol. The Bertz CT molecular complexity index is 432. The van der Waals surface area contributed by atoms with Crippen molar-refractivity contribution >= 4 is 15.9 Å². The molecule has 1 aromatic heterocycles. The van der Waals surface area contributed by atoms with Gasteiger partial charge in [0.25, 0.3) is 10.1 Å². The van der Waals surface area contributed by atoms with E-state index in [1.165, 1.54) is 18.4 Å². The van der Waals surface area contributed by atoms with Gasteiger partial charge in [0.05, 0.1) is 6.26 Å². The van der Waals surface area contributed by atoms with Crippen LogP contribution in [0.15, 0.2) is 22.8 Å². The number of carbonyl (C=O) groups is 1. The molecule has 0 amide bonds. The number of unbranched alkanes of at least 4 members (excludes halogenated alkanes) is 1. The molecule has 0 spiro atoms. The zero-order valence-corrected chi connectivity index (χ0v) is 9.74. The SMILES string of the molecule is CCCCC(C(=O)c1ccco1)S(=O)(=O)O. The van der Waals surface area contributed by atoms with Crippen molar-refractivity contribution in [2.75, 3.05) is 0 Å². The van der Waals surface area contributed by atoms with Crippen molar-refractivity contribution in [3.8, 4) is 0 Å². The van der Waals surface area contributed by atoms with E-state index >= 15 is 0 Å². The molecule has 1 unspecified atom stereocenters. The first-order valence-corrected chi connectivity index (χ1v) is 6.51. The number of furan rings is 1. The third-order valence-corrected chi connectivity index (χ3v) is 3.40. The van der Waals surface area contributed by atoms with Gasteiger partial charge in [0.2, 0.25) is 5.78 Å². The van der Waals surface area contributed by atoms with E-state index < -0.39 is 21.2 Å². The van der Waals surface area contributed by atoms with Gasteiger partial charge in [-0.05, 0) is 18.6 Å². The molecule has 0 aliphatic rings. The van der Waals surface area contributed by atoms with Crippen LogP contribution in [0.25, 0.3) is 0 Å². The second-order valence-corrected chi connectivity index (χ2v) is 5.09. The lowest BCUT2D eigenvalue weighted by Crippen LogP contribution is -2.29. The van der Waals surface area contributed by atoms with Gasteiger partial charge >= 0.3 is 0 Å². The van der Waals surface area contributed by atoms with E-state index in [0.717, 1.165) is 6.42 Å². The standard InChI is InChI=1S/C10H14O5S/c1-2-3-6-9(16(12,13)14)10(11)8-5-4-7-15-8/h4-5,7,9H,2-3,6H2,1H3,(H,12,13,14). The van der Waals surface area contributed by atoms with Crippen LogP contribution in [0.3, 0.4) is 0 Å². The molecule has 6 heteroatoms. The zero-order valence-electron chi connectivity index (χ0n) is 8.92. The second kappa shape index (κ2) is 5.27. The van der Waals surface area contributed by atoms with Crippen LogP contribution in [0.2, 0.25) is 0 Å². The third-order valence-electron chi connectivity index (χ3n) is 2.24. The zero-order chi connectivity index (χ0) is 12.2. The van der Waals surface area contributed by atoms with Crippen LogP contribution in [-0.4, -0.2) is 24.0 Å². The Balaban J connectivity index is 2.90. The number of Topliss-reactive ketones (excluding diaryl/α,β-unsaturated/α-hetero) is 1. The third kappa shape index (κ3) is 3.18. The molecule has 0 aromatic carbocycles. The second-order valence-electron chi connectivity index (χ2n) is 3.49. The first kappa shape index (κ1) is 12.9. The molecule has 0 saturated carbocycles. The predicted molar refractivity (Wildman–Crippen MR) is 57.9 cm³/mol. The van der Waals surface area contributed by atoms with Crippen LogP contribution >= 0.6 is 0 Å². The highest BCUT2D eigenvalue weighted by molar-refractivity contribution is 7.87. The molecular formula is C10H14O5S. The van der Waals surface area contributed by atoms with Gasteiger partial charge in [0, 0.05) is 0 Å². The minimum absolute atomic E-state index is 0.0428. The van der Waals surface area contributed by atoms with Crippen molar-refractivity contribution in [2.24, 2.45) is 0 Å². The largest absolute Gasteiger partial charge is 0.461 e. The summed E-state index contributed by atoms with van der Waals surface area (Å²) < 4.78 is 35.9. The summed E-state index contributed by atoms with van der Waals surface area (Å²) in [6, 6.07) is 2.88. The first-order valence-electron chi connectivity index (χ1n) is 5.00. The predicted octanol–water partition coefficient (Wildman–Crippen LogP) is 1.91. The van der Waals surface area contributed by atoms with Crippen molar-refractivity contribution in [1.82, 2.24) is 0 Å². The topological polar surface area (TPSA) is 84.6 Å². The van der Waals surface area contributed by atoms with Gasteiger partial charge in [-0.25, -0.2) is 0 Å². The molecule has 1 atom stereocenters. The van der Waals surface area contributed by atoms with Gasteiger partial charge in [0.15, 0.2) is 11.0 Å². The minimum atomic E-state index is -4.37. The molecule has 16 heavy (non-hydrogen) atoms. The van der Waals surface area contributed by atoms with Crippen LogP contribution in [0.4, 0.5) is 0 Å². The quantitative estimate of drug-likeness (QED) is 0.612. The molecular weight excluding hydrogens is 232 g/mol. The van der Waals surface area contributed by atoms with E-state index in [2.05, 4.69) is 0 Å². The highest BCUT2D eigenvalue weighted by Gasteiger charge is 2.32. The lowest BCUT2D eigenvalue weighted by atomic mass is 10.1. The van der Waals surface area contributed by atoms with Crippen molar-refractivity contribution in [2.45, 2.75) is 31.4 Å². The Hall–Kier alpha value is -1.14. The average Bonchev–Trinajstić information content (AvgIpc) is 2.68. The van der Waals surface area contributed by atoms with Crippen molar-refractivity contribution < 1.29 is 22.2 Å². The number of hydrogen-bond donors (Lipinski definition) is 1. The molecule has 0 aliphatic carbocycles. The highest BCUT2D eigenvalue weighted by atomic mass is 32.2. The van der Waals surface area contributed by atoms with Crippen molar-refractivity contribution in [3.63, 3.8) is 0 Å². The summed E-state index contributed by atoms with van der Waals surface area (Å²) in [4.78, 5) is 11.7. The van der Waals surface area contributed by atoms with Crippen molar-refractivity contribution in [1.29, 1.82) is 0 Å². The first-order chi connectivity index (χ1) is 7.46. The fourth-order valence-electron chi connectivity index (χ4n) is 1.38. The molecule has 0 radical (unpaired) electrons. The Morgan fingerprint density at radius 1 is 1.56 bits per heavy atom. The molecule has 0 fully saturated rings. The van der Waals surface area contributed by atoms with Crippen LogP contribution in [0.5, 0.6) is 0 Å². The van der Waals surface area contributed by atoms with Crippen LogP contribution in [-0.2, 0) is 10.1 Å². The normalized spacial score (nSPS) is 13.6. The van der Waals surface area contributed by atoms with E-state index in [1.54, 1.807) is 0 Å². The molecule has 1 heterocycles. The lowest BCUT2D eigenvalue weighted by molar-refractivity contribution is 0.0953. The number of hydrogen-bond acceptors (Lipinski definition) is 4. The van der Waals surface area contributed by atoms with Gasteiger partial charge < -0.3 is 4.42 Å². The summed E-state index contributed by atoms with van der Waals surface area (Å²) in [5.41, 5.74) is 0. The molecule has 0 aliphatic heterocycles. The maximum absolute atomic E-state index is 11.7. The van der Waals surface area contributed by atoms with Crippen molar-refractivity contribution in [3.05, 3.63) is 24.2 Å². The molecule has 1 aromatic rings. The van der Waals surface area contributed by atoms with E-state index in [9.17, 15) is 13.2 Å². The lowest BCUT2D eigenvalue weighted by Gasteiger charge is -2.10. The Morgan fingerprint density at radius 2 is 2.25 bits per heavy atom.